The zero-order valence-corrected chi connectivity index (χ0v) is 22.8. The van der Waals surface area contributed by atoms with Crippen molar-refractivity contribution in [1.29, 1.82) is 0 Å². The van der Waals surface area contributed by atoms with E-state index >= 15 is 0 Å². The summed E-state index contributed by atoms with van der Waals surface area (Å²) in [6.07, 6.45) is 4.83. The number of piperidine rings is 1. The summed E-state index contributed by atoms with van der Waals surface area (Å²) in [6.45, 7) is 6.62. The normalized spacial score (nSPS) is 14.2. The van der Waals surface area contributed by atoms with Crippen molar-refractivity contribution >= 4 is 27.3 Å². The number of hydrogen-bond acceptors (Lipinski definition) is 5. The number of ether oxygens (including phenoxy) is 1. The summed E-state index contributed by atoms with van der Waals surface area (Å²) < 4.78 is 22.2. The third-order valence-electron chi connectivity index (χ3n) is 7.04. The highest BCUT2D eigenvalue weighted by Crippen LogP contribution is 2.42. The van der Waals surface area contributed by atoms with E-state index in [1.54, 1.807) is 58.3 Å². The van der Waals surface area contributed by atoms with Crippen molar-refractivity contribution in [2.75, 3.05) is 13.1 Å². The van der Waals surface area contributed by atoms with Crippen molar-refractivity contribution in [2.45, 2.75) is 45.6 Å². The summed E-state index contributed by atoms with van der Waals surface area (Å²) in [5, 5.41) is 11.2. The van der Waals surface area contributed by atoms with Crippen LogP contribution in [0, 0.1) is 12.7 Å². The molecule has 1 amide bonds. The van der Waals surface area contributed by atoms with Gasteiger partial charge in [0.1, 0.15) is 17.3 Å². The average molecular weight is 535 g/mol. The maximum atomic E-state index is 13.7. The van der Waals surface area contributed by atoms with E-state index in [2.05, 4.69) is 0 Å². The Morgan fingerprint density at radius 3 is 2.42 bits per heavy atom. The van der Waals surface area contributed by atoms with Gasteiger partial charge in [-0.2, -0.15) is 0 Å². The molecular formula is C30H31FN2O4S. The van der Waals surface area contributed by atoms with E-state index in [1.165, 1.54) is 28.0 Å². The number of aliphatic hydroxyl groups is 1. The molecule has 1 aliphatic rings. The Bertz CT molecular complexity index is 1590. The molecular weight excluding hydrogens is 503 g/mol. The van der Waals surface area contributed by atoms with Crippen LogP contribution >= 0.6 is 11.3 Å². The van der Waals surface area contributed by atoms with Crippen molar-refractivity contribution in [3.63, 3.8) is 0 Å². The summed E-state index contributed by atoms with van der Waals surface area (Å²) >= 11 is 1.30. The molecule has 0 radical (unpaired) electrons. The fourth-order valence-corrected chi connectivity index (χ4v) is 6.00. The molecule has 3 heterocycles. The Morgan fingerprint density at radius 1 is 1.03 bits per heavy atom. The molecule has 0 unspecified atom stereocenters. The van der Waals surface area contributed by atoms with E-state index in [-0.39, 0.29) is 17.3 Å². The Labute approximate surface area is 224 Å². The van der Waals surface area contributed by atoms with Crippen LogP contribution in [0.1, 0.15) is 53.9 Å². The van der Waals surface area contributed by atoms with E-state index in [0.29, 0.717) is 48.7 Å². The molecule has 1 N–H and O–H groups in total. The minimum Gasteiger partial charge on any atom is -0.456 e. The predicted octanol–water partition coefficient (Wildman–Crippen LogP) is 6.36. The number of rotatable bonds is 5. The van der Waals surface area contributed by atoms with E-state index in [0.717, 1.165) is 32.4 Å². The number of fused-ring (bicyclic) bond motifs is 1. The van der Waals surface area contributed by atoms with Gasteiger partial charge in [-0.25, -0.2) is 4.39 Å². The van der Waals surface area contributed by atoms with Crippen LogP contribution in [0.2, 0.25) is 0 Å². The van der Waals surface area contributed by atoms with Gasteiger partial charge >= 0.3 is 0 Å². The number of benzene rings is 2. The van der Waals surface area contributed by atoms with E-state index in [4.69, 9.17) is 4.74 Å². The highest BCUT2D eigenvalue weighted by Gasteiger charge is 2.25. The lowest BCUT2D eigenvalue weighted by molar-refractivity contribution is 0.0728. The lowest BCUT2D eigenvalue weighted by atomic mass is 9.93. The Hall–Kier alpha value is -3.49. The molecule has 2 aromatic carbocycles. The van der Waals surface area contributed by atoms with Gasteiger partial charge in [0.05, 0.1) is 20.6 Å². The van der Waals surface area contributed by atoms with Gasteiger partial charge in [-0.3, -0.25) is 9.59 Å². The van der Waals surface area contributed by atoms with E-state index in [9.17, 15) is 19.1 Å². The van der Waals surface area contributed by atoms with Crippen LogP contribution in [-0.4, -0.2) is 33.6 Å². The Kier molecular flexibility index (Phi) is 6.88. The van der Waals surface area contributed by atoms with Crippen LogP contribution in [0.5, 0.6) is 11.5 Å². The molecule has 0 aliphatic carbocycles. The maximum absolute atomic E-state index is 13.7. The monoisotopic (exact) mass is 534 g/mol. The lowest BCUT2D eigenvalue weighted by Crippen LogP contribution is -2.35. The standard InChI is InChI=1S/C30H31FN2O4S/c1-18-14-20(31)9-11-24(18)37-25-10-8-19(30(2,3)36)15-21(25)23-17-32(4)28(34)22-16-26(38-27(22)23)29(35)33-12-6-5-7-13-33/h8-11,14-17,36H,5-7,12-13H2,1-4H3. The van der Waals surface area contributed by atoms with Gasteiger partial charge in [0, 0.05) is 37.5 Å². The van der Waals surface area contributed by atoms with Gasteiger partial charge in [-0.15, -0.1) is 11.3 Å². The molecule has 5 rings (SSSR count). The molecule has 6 nitrogen and oxygen atoms in total. The van der Waals surface area contributed by atoms with Crippen molar-refractivity contribution < 1.29 is 19.0 Å². The minimum atomic E-state index is -1.12. The first-order chi connectivity index (χ1) is 18.0. The average Bonchev–Trinajstić information content (AvgIpc) is 3.33. The predicted molar refractivity (Wildman–Crippen MR) is 149 cm³/mol. The highest BCUT2D eigenvalue weighted by atomic mass is 32.1. The highest BCUT2D eigenvalue weighted by molar-refractivity contribution is 7.21. The van der Waals surface area contributed by atoms with Gasteiger partial charge in [-0.1, -0.05) is 6.07 Å². The summed E-state index contributed by atoms with van der Waals surface area (Å²) in [5.74, 6) is 0.584. The summed E-state index contributed by atoms with van der Waals surface area (Å²) in [6, 6.07) is 11.4. The molecule has 38 heavy (non-hydrogen) atoms. The second-order valence-corrected chi connectivity index (χ2v) is 11.5. The number of nitrogens with zero attached hydrogens (tertiary/aromatic N) is 2. The van der Waals surface area contributed by atoms with E-state index < -0.39 is 5.60 Å². The van der Waals surface area contributed by atoms with Crippen LogP contribution in [0.3, 0.4) is 0 Å². The van der Waals surface area contributed by atoms with Gasteiger partial charge in [0.2, 0.25) is 0 Å². The summed E-state index contributed by atoms with van der Waals surface area (Å²) in [4.78, 5) is 28.8. The number of carbonyl (C=O) groups excluding carboxylic acids is 1. The summed E-state index contributed by atoms with van der Waals surface area (Å²) in [5.41, 5.74) is 1.37. The van der Waals surface area contributed by atoms with Crippen molar-refractivity contribution in [3.05, 3.63) is 80.8 Å². The van der Waals surface area contributed by atoms with Crippen molar-refractivity contribution in [2.24, 2.45) is 7.05 Å². The first-order valence-corrected chi connectivity index (χ1v) is 13.6. The molecule has 4 aromatic rings. The van der Waals surface area contributed by atoms with Gasteiger partial charge in [0.25, 0.3) is 11.5 Å². The molecule has 2 aromatic heterocycles. The number of aryl methyl sites for hydroxylation is 2. The fourth-order valence-electron chi connectivity index (χ4n) is 4.86. The number of likely N-dealkylation sites (tertiary alicyclic amines) is 1. The van der Waals surface area contributed by atoms with Crippen molar-refractivity contribution in [1.82, 2.24) is 9.47 Å². The first-order valence-electron chi connectivity index (χ1n) is 12.8. The number of aromatic nitrogens is 1. The number of thiophene rings is 1. The number of halogens is 1. The third-order valence-corrected chi connectivity index (χ3v) is 8.19. The Morgan fingerprint density at radius 2 is 1.74 bits per heavy atom. The SMILES string of the molecule is Cc1cc(F)ccc1Oc1ccc(C(C)(C)O)cc1-c1cn(C)c(=O)c2cc(C(=O)N3CCCCC3)sc12. The molecule has 1 saturated heterocycles. The number of pyridine rings is 1. The van der Waals surface area contributed by atoms with Crippen molar-refractivity contribution in [3.8, 4) is 22.6 Å². The Balaban J connectivity index is 1.70. The minimum absolute atomic E-state index is 0.0532. The van der Waals surface area contributed by atoms with Crippen LogP contribution < -0.4 is 10.3 Å². The zero-order chi connectivity index (χ0) is 27.2. The fraction of sp³-hybridized carbons (Fsp3) is 0.333. The first kappa shape index (κ1) is 26.1. The molecule has 0 spiro atoms. The molecule has 0 atom stereocenters. The number of hydrogen-bond donors (Lipinski definition) is 1. The van der Waals surface area contributed by atoms with Gasteiger partial charge < -0.3 is 19.3 Å². The molecule has 8 heteroatoms. The zero-order valence-electron chi connectivity index (χ0n) is 22.0. The number of carbonyl (C=O) groups is 1. The van der Waals surface area contributed by atoms with Crippen LogP contribution in [0.4, 0.5) is 4.39 Å². The van der Waals surface area contributed by atoms with Gasteiger partial charge in [0.15, 0.2) is 0 Å². The second-order valence-electron chi connectivity index (χ2n) is 10.4. The van der Waals surface area contributed by atoms with Gasteiger partial charge in [-0.05, 0) is 87.6 Å². The third kappa shape index (κ3) is 4.98. The van der Waals surface area contributed by atoms with Crippen LogP contribution in [0.15, 0.2) is 53.5 Å². The summed E-state index contributed by atoms with van der Waals surface area (Å²) in [7, 11) is 1.68. The molecule has 0 saturated carbocycles. The van der Waals surface area contributed by atoms with Crippen LogP contribution in [0.25, 0.3) is 21.2 Å². The largest absolute Gasteiger partial charge is 0.456 e. The van der Waals surface area contributed by atoms with Crippen LogP contribution in [-0.2, 0) is 12.6 Å². The molecule has 0 bridgehead atoms. The lowest BCUT2D eigenvalue weighted by Gasteiger charge is -2.26. The topological polar surface area (TPSA) is 71.8 Å². The number of amides is 1. The molecule has 1 fully saturated rings. The second kappa shape index (κ2) is 10.0. The molecule has 198 valence electrons. The van der Waals surface area contributed by atoms with E-state index in [1.807, 2.05) is 11.0 Å². The quantitative estimate of drug-likeness (QED) is 0.323. The smallest absolute Gasteiger partial charge is 0.263 e. The maximum Gasteiger partial charge on any atom is 0.263 e. The molecule has 1 aliphatic heterocycles.